The van der Waals surface area contributed by atoms with E-state index < -0.39 is 5.97 Å². The van der Waals surface area contributed by atoms with E-state index in [1.807, 2.05) is 13.8 Å². The van der Waals surface area contributed by atoms with Crippen molar-refractivity contribution in [3.05, 3.63) is 17.5 Å². The van der Waals surface area contributed by atoms with Gasteiger partial charge in [0.15, 0.2) is 5.69 Å². The zero-order chi connectivity index (χ0) is 13.1. The first-order valence-electron chi connectivity index (χ1n) is 6.63. The molecule has 1 fully saturated rings. The molecule has 0 bridgehead atoms. The molecule has 2 rings (SSSR count). The summed E-state index contributed by atoms with van der Waals surface area (Å²) in [5.74, 6) is -0.962. The van der Waals surface area contributed by atoms with Gasteiger partial charge in [-0.25, -0.2) is 4.79 Å². The molecule has 5 nitrogen and oxygen atoms in total. The number of aromatic nitrogens is 2. The molecule has 0 saturated heterocycles. The SMILES string of the molecule is CC(C)n1nc(C(=O)O)cc1CNC1CCCC1. The van der Waals surface area contributed by atoms with Gasteiger partial charge in [0.25, 0.3) is 0 Å². The van der Waals surface area contributed by atoms with Crippen LogP contribution in [0.25, 0.3) is 0 Å². The number of carbonyl (C=O) groups is 1. The van der Waals surface area contributed by atoms with E-state index in [9.17, 15) is 4.79 Å². The molecule has 18 heavy (non-hydrogen) atoms. The van der Waals surface area contributed by atoms with Gasteiger partial charge in [0.05, 0.1) is 5.69 Å². The van der Waals surface area contributed by atoms with Crippen molar-refractivity contribution in [2.24, 2.45) is 0 Å². The van der Waals surface area contributed by atoms with Crippen molar-refractivity contribution in [1.29, 1.82) is 0 Å². The maximum atomic E-state index is 11.0. The molecule has 0 spiro atoms. The molecule has 0 radical (unpaired) electrons. The normalized spacial score (nSPS) is 16.6. The molecule has 100 valence electrons. The van der Waals surface area contributed by atoms with E-state index in [0.29, 0.717) is 12.6 Å². The number of hydrogen-bond acceptors (Lipinski definition) is 3. The van der Waals surface area contributed by atoms with Crippen LogP contribution < -0.4 is 5.32 Å². The average Bonchev–Trinajstić information content (AvgIpc) is 2.95. The lowest BCUT2D eigenvalue weighted by atomic mass is 10.2. The molecule has 1 aromatic heterocycles. The third-order valence-electron chi connectivity index (χ3n) is 3.45. The van der Waals surface area contributed by atoms with Crippen LogP contribution >= 0.6 is 0 Å². The first-order chi connectivity index (χ1) is 8.58. The summed E-state index contributed by atoms with van der Waals surface area (Å²) >= 11 is 0. The van der Waals surface area contributed by atoms with Crippen molar-refractivity contribution in [3.63, 3.8) is 0 Å². The van der Waals surface area contributed by atoms with Gasteiger partial charge in [-0.15, -0.1) is 0 Å². The fraction of sp³-hybridized carbons (Fsp3) is 0.692. The molecule has 1 saturated carbocycles. The van der Waals surface area contributed by atoms with Gasteiger partial charge in [0, 0.05) is 18.6 Å². The van der Waals surface area contributed by atoms with Crippen molar-refractivity contribution in [3.8, 4) is 0 Å². The predicted octanol–water partition coefficient (Wildman–Crippen LogP) is 2.19. The summed E-state index contributed by atoms with van der Waals surface area (Å²) in [5.41, 5.74) is 1.08. The molecular weight excluding hydrogens is 230 g/mol. The van der Waals surface area contributed by atoms with E-state index >= 15 is 0 Å². The van der Waals surface area contributed by atoms with E-state index in [2.05, 4.69) is 10.4 Å². The van der Waals surface area contributed by atoms with Crippen LogP contribution in [0, 0.1) is 0 Å². The van der Waals surface area contributed by atoms with Gasteiger partial charge in [-0.05, 0) is 32.8 Å². The van der Waals surface area contributed by atoms with E-state index in [1.165, 1.54) is 25.7 Å². The molecule has 0 aromatic carbocycles. The zero-order valence-electron chi connectivity index (χ0n) is 11.0. The number of carboxylic acid groups (broad SMARTS) is 1. The summed E-state index contributed by atoms with van der Waals surface area (Å²) in [5, 5.41) is 16.6. The number of nitrogens with zero attached hydrogens (tertiary/aromatic N) is 2. The third kappa shape index (κ3) is 2.90. The average molecular weight is 251 g/mol. The minimum Gasteiger partial charge on any atom is -0.476 e. The minimum absolute atomic E-state index is 0.131. The van der Waals surface area contributed by atoms with Crippen LogP contribution in [0.5, 0.6) is 0 Å². The van der Waals surface area contributed by atoms with Crippen LogP contribution in [0.15, 0.2) is 6.07 Å². The van der Waals surface area contributed by atoms with Crippen LogP contribution in [0.4, 0.5) is 0 Å². The fourth-order valence-electron chi connectivity index (χ4n) is 2.50. The molecular formula is C13H21N3O2. The predicted molar refractivity (Wildman–Crippen MR) is 68.7 cm³/mol. The smallest absolute Gasteiger partial charge is 0.356 e. The standard InChI is InChI=1S/C13H21N3O2/c1-9(2)16-11(7-12(15-16)13(17)18)8-14-10-5-3-4-6-10/h7,9-10,14H,3-6,8H2,1-2H3,(H,17,18). The van der Waals surface area contributed by atoms with Gasteiger partial charge < -0.3 is 10.4 Å². The number of rotatable bonds is 5. The van der Waals surface area contributed by atoms with Gasteiger partial charge >= 0.3 is 5.97 Å². The van der Waals surface area contributed by atoms with Gasteiger partial charge in [0.1, 0.15) is 0 Å². The summed E-state index contributed by atoms with van der Waals surface area (Å²) in [4.78, 5) is 11.0. The summed E-state index contributed by atoms with van der Waals surface area (Å²) in [6, 6.07) is 2.43. The first-order valence-corrected chi connectivity index (χ1v) is 6.63. The van der Waals surface area contributed by atoms with Crippen LogP contribution in [-0.2, 0) is 6.54 Å². The second-order valence-corrected chi connectivity index (χ2v) is 5.23. The second-order valence-electron chi connectivity index (χ2n) is 5.23. The molecule has 0 unspecified atom stereocenters. The van der Waals surface area contributed by atoms with E-state index in [-0.39, 0.29) is 11.7 Å². The maximum Gasteiger partial charge on any atom is 0.356 e. The lowest BCUT2D eigenvalue weighted by Crippen LogP contribution is -2.26. The van der Waals surface area contributed by atoms with Crippen molar-refractivity contribution in [2.45, 2.75) is 58.2 Å². The Labute approximate surface area is 107 Å². The van der Waals surface area contributed by atoms with Gasteiger partial charge in [-0.3, -0.25) is 4.68 Å². The fourth-order valence-corrected chi connectivity index (χ4v) is 2.50. The summed E-state index contributed by atoms with van der Waals surface area (Å²) in [6.45, 7) is 4.72. The molecule has 1 aromatic rings. The highest BCUT2D eigenvalue weighted by molar-refractivity contribution is 5.85. The van der Waals surface area contributed by atoms with Gasteiger partial charge in [-0.2, -0.15) is 5.10 Å². The third-order valence-corrected chi connectivity index (χ3v) is 3.45. The Morgan fingerprint density at radius 3 is 2.78 bits per heavy atom. The number of carboxylic acids is 1. The van der Waals surface area contributed by atoms with Crippen LogP contribution in [-0.4, -0.2) is 26.9 Å². The summed E-state index contributed by atoms with van der Waals surface area (Å²) in [6.07, 6.45) is 5.03. The molecule has 0 aliphatic heterocycles. The van der Waals surface area contributed by atoms with Crippen molar-refractivity contribution >= 4 is 5.97 Å². The van der Waals surface area contributed by atoms with Crippen molar-refractivity contribution < 1.29 is 9.90 Å². The molecule has 0 atom stereocenters. The van der Waals surface area contributed by atoms with E-state index in [4.69, 9.17) is 5.11 Å². The molecule has 1 heterocycles. The lowest BCUT2D eigenvalue weighted by Gasteiger charge is -2.14. The van der Waals surface area contributed by atoms with Gasteiger partial charge in [-0.1, -0.05) is 12.8 Å². The van der Waals surface area contributed by atoms with Crippen LogP contribution in [0.1, 0.15) is 61.8 Å². The zero-order valence-corrected chi connectivity index (χ0v) is 11.0. The molecule has 1 aliphatic carbocycles. The van der Waals surface area contributed by atoms with Crippen molar-refractivity contribution in [2.75, 3.05) is 0 Å². The quantitative estimate of drug-likeness (QED) is 0.841. The summed E-state index contributed by atoms with van der Waals surface area (Å²) < 4.78 is 1.80. The van der Waals surface area contributed by atoms with Crippen LogP contribution in [0.2, 0.25) is 0 Å². The van der Waals surface area contributed by atoms with Crippen LogP contribution in [0.3, 0.4) is 0 Å². The van der Waals surface area contributed by atoms with Gasteiger partial charge in [0.2, 0.25) is 0 Å². The molecule has 0 amide bonds. The Bertz CT molecular complexity index is 420. The molecule has 2 N–H and O–H groups in total. The van der Waals surface area contributed by atoms with Crippen molar-refractivity contribution in [1.82, 2.24) is 15.1 Å². The molecule has 5 heteroatoms. The van der Waals surface area contributed by atoms with E-state index in [0.717, 1.165) is 5.69 Å². The Hall–Kier alpha value is -1.36. The lowest BCUT2D eigenvalue weighted by molar-refractivity contribution is 0.0689. The highest BCUT2D eigenvalue weighted by Crippen LogP contribution is 2.19. The maximum absolute atomic E-state index is 11.0. The topological polar surface area (TPSA) is 67.2 Å². The van der Waals surface area contributed by atoms with E-state index in [1.54, 1.807) is 10.7 Å². The Balaban J connectivity index is 2.07. The Morgan fingerprint density at radius 1 is 1.56 bits per heavy atom. The first kappa shape index (κ1) is 13.1. The highest BCUT2D eigenvalue weighted by atomic mass is 16.4. The summed E-state index contributed by atoms with van der Waals surface area (Å²) in [7, 11) is 0. The Morgan fingerprint density at radius 2 is 2.22 bits per heavy atom. The number of aromatic carboxylic acids is 1. The largest absolute Gasteiger partial charge is 0.476 e. The molecule has 1 aliphatic rings. The minimum atomic E-state index is -0.962. The second kappa shape index (κ2) is 5.52. The monoisotopic (exact) mass is 251 g/mol. The Kier molecular flexibility index (Phi) is 4.01. The highest BCUT2D eigenvalue weighted by Gasteiger charge is 2.18. The number of hydrogen-bond donors (Lipinski definition) is 2. The number of nitrogens with one attached hydrogen (secondary N) is 1.